The van der Waals surface area contributed by atoms with Crippen LogP contribution in [0.3, 0.4) is 0 Å². The fourth-order valence-electron chi connectivity index (χ4n) is 2.35. The summed E-state index contributed by atoms with van der Waals surface area (Å²) < 4.78 is 1.89. The molecule has 1 N–H and O–H groups in total. The van der Waals surface area contributed by atoms with E-state index in [4.69, 9.17) is 0 Å². The van der Waals surface area contributed by atoms with Crippen molar-refractivity contribution >= 4 is 5.91 Å². The van der Waals surface area contributed by atoms with Crippen molar-refractivity contribution in [2.45, 2.75) is 32.4 Å². The number of pyridine rings is 1. The van der Waals surface area contributed by atoms with Gasteiger partial charge in [-0.3, -0.25) is 9.59 Å². The van der Waals surface area contributed by atoms with Crippen LogP contribution in [0.25, 0.3) is 0 Å². The van der Waals surface area contributed by atoms with Crippen LogP contribution >= 0.6 is 0 Å². The molecule has 0 aromatic carbocycles. The maximum atomic E-state index is 12.7. The Morgan fingerprint density at radius 1 is 1.52 bits per heavy atom. The second kappa shape index (κ2) is 5.20. The van der Waals surface area contributed by atoms with Gasteiger partial charge >= 0.3 is 0 Å². The summed E-state index contributed by atoms with van der Waals surface area (Å²) in [6, 6.07) is 1.67. The Balaban J connectivity index is 1.89. The lowest BCUT2D eigenvalue weighted by atomic mass is 10.2. The summed E-state index contributed by atoms with van der Waals surface area (Å²) in [5.74, 6) is 0.598. The topological polar surface area (TPSA) is 71.0 Å². The van der Waals surface area contributed by atoms with Gasteiger partial charge in [0, 0.05) is 43.4 Å². The number of imidazole rings is 1. The van der Waals surface area contributed by atoms with E-state index in [9.17, 15) is 9.59 Å². The van der Waals surface area contributed by atoms with Gasteiger partial charge in [-0.25, -0.2) is 4.98 Å². The first-order valence-corrected chi connectivity index (χ1v) is 7.03. The molecule has 110 valence electrons. The number of aromatic amines is 1. The number of carbonyl (C=O) groups excluding carboxylic acids is 1. The van der Waals surface area contributed by atoms with Crippen molar-refractivity contribution < 1.29 is 4.79 Å². The van der Waals surface area contributed by atoms with E-state index in [2.05, 4.69) is 9.97 Å². The number of H-pyrrole nitrogens is 1. The molecule has 1 saturated carbocycles. The Hall–Kier alpha value is -2.37. The molecule has 0 bridgehead atoms. The van der Waals surface area contributed by atoms with E-state index in [1.807, 2.05) is 17.8 Å². The summed E-state index contributed by atoms with van der Waals surface area (Å²) in [6.45, 7) is 2.22. The molecule has 2 aromatic rings. The molecule has 1 aliphatic rings. The maximum absolute atomic E-state index is 12.7. The third-order valence-corrected chi connectivity index (χ3v) is 3.77. The number of hydrogen-bond donors (Lipinski definition) is 1. The van der Waals surface area contributed by atoms with Crippen molar-refractivity contribution in [3.63, 3.8) is 0 Å². The minimum Gasteiger partial charge on any atom is -0.364 e. The zero-order valence-electron chi connectivity index (χ0n) is 12.2. The Morgan fingerprint density at radius 3 is 2.86 bits per heavy atom. The van der Waals surface area contributed by atoms with Gasteiger partial charge in [0.05, 0.1) is 6.54 Å². The van der Waals surface area contributed by atoms with E-state index in [1.165, 1.54) is 12.3 Å². The van der Waals surface area contributed by atoms with Gasteiger partial charge in [0.1, 0.15) is 11.4 Å². The Morgan fingerprint density at radius 2 is 2.29 bits per heavy atom. The van der Waals surface area contributed by atoms with Gasteiger partial charge in [0.2, 0.25) is 0 Å². The Labute approximate surface area is 122 Å². The van der Waals surface area contributed by atoms with Crippen LogP contribution in [0.15, 0.2) is 29.5 Å². The van der Waals surface area contributed by atoms with Gasteiger partial charge in [0.25, 0.3) is 5.91 Å². The number of hydrogen-bond acceptors (Lipinski definition) is 3. The van der Waals surface area contributed by atoms with Crippen LogP contribution in [0.1, 0.15) is 34.7 Å². The highest BCUT2D eigenvalue weighted by Crippen LogP contribution is 2.29. The van der Waals surface area contributed by atoms with Crippen molar-refractivity contribution in [3.05, 3.63) is 52.0 Å². The molecule has 3 rings (SSSR count). The second-order valence-electron chi connectivity index (χ2n) is 5.51. The highest BCUT2D eigenvalue weighted by Gasteiger charge is 2.34. The third-order valence-electron chi connectivity index (χ3n) is 3.77. The monoisotopic (exact) mass is 286 g/mol. The number of nitrogens with one attached hydrogen (secondary N) is 1. The van der Waals surface area contributed by atoms with Crippen LogP contribution in [-0.4, -0.2) is 31.4 Å². The van der Waals surface area contributed by atoms with Crippen molar-refractivity contribution in [2.24, 2.45) is 7.05 Å². The second-order valence-corrected chi connectivity index (χ2v) is 5.51. The predicted octanol–water partition coefficient (Wildman–Crippen LogP) is 1.22. The first-order chi connectivity index (χ1) is 10.1. The lowest BCUT2D eigenvalue weighted by molar-refractivity contribution is 0.0722. The maximum Gasteiger partial charge on any atom is 0.259 e. The smallest absolute Gasteiger partial charge is 0.259 e. The molecule has 1 amide bonds. The van der Waals surface area contributed by atoms with E-state index in [0.717, 1.165) is 24.4 Å². The molecule has 0 spiro atoms. The van der Waals surface area contributed by atoms with Crippen LogP contribution in [0.2, 0.25) is 0 Å². The van der Waals surface area contributed by atoms with Crippen molar-refractivity contribution in [3.8, 4) is 0 Å². The van der Waals surface area contributed by atoms with E-state index in [1.54, 1.807) is 18.0 Å². The molecule has 0 saturated heterocycles. The van der Waals surface area contributed by atoms with Gasteiger partial charge in [0.15, 0.2) is 5.43 Å². The van der Waals surface area contributed by atoms with E-state index in [-0.39, 0.29) is 22.9 Å². The minimum atomic E-state index is -0.234. The number of nitrogens with zero attached hydrogens (tertiary/aromatic N) is 3. The van der Waals surface area contributed by atoms with Crippen LogP contribution in [0.5, 0.6) is 0 Å². The van der Waals surface area contributed by atoms with Crippen LogP contribution in [-0.2, 0) is 13.6 Å². The molecule has 6 nitrogen and oxygen atoms in total. The van der Waals surface area contributed by atoms with Crippen molar-refractivity contribution in [1.29, 1.82) is 0 Å². The van der Waals surface area contributed by atoms with Crippen molar-refractivity contribution in [2.75, 3.05) is 0 Å². The number of aromatic nitrogens is 3. The van der Waals surface area contributed by atoms with Crippen LogP contribution in [0.4, 0.5) is 0 Å². The first-order valence-electron chi connectivity index (χ1n) is 7.03. The fraction of sp³-hybridized carbons (Fsp3) is 0.400. The third kappa shape index (κ3) is 2.74. The highest BCUT2D eigenvalue weighted by atomic mass is 16.2. The van der Waals surface area contributed by atoms with Gasteiger partial charge in [-0.2, -0.15) is 0 Å². The summed E-state index contributed by atoms with van der Waals surface area (Å²) in [7, 11) is 1.90. The lowest BCUT2D eigenvalue weighted by Gasteiger charge is -2.21. The molecule has 0 aliphatic heterocycles. The molecule has 2 aromatic heterocycles. The van der Waals surface area contributed by atoms with Crippen LogP contribution < -0.4 is 5.43 Å². The first kappa shape index (κ1) is 13.6. The van der Waals surface area contributed by atoms with Gasteiger partial charge in [-0.15, -0.1) is 0 Å². The largest absolute Gasteiger partial charge is 0.364 e. The lowest BCUT2D eigenvalue weighted by Crippen LogP contribution is -2.36. The minimum absolute atomic E-state index is 0.196. The number of amides is 1. The van der Waals surface area contributed by atoms with E-state index in [0.29, 0.717) is 6.54 Å². The molecule has 21 heavy (non-hydrogen) atoms. The predicted molar refractivity (Wildman–Crippen MR) is 77.9 cm³/mol. The molecule has 0 unspecified atom stereocenters. The quantitative estimate of drug-likeness (QED) is 0.918. The van der Waals surface area contributed by atoms with E-state index < -0.39 is 0 Å². The molecule has 0 radical (unpaired) electrons. The average molecular weight is 286 g/mol. The molecule has 0 atom stereocenters. The van der Waals surface area contributed by atoms with Crippen molar-refractivity contribution in [1.82, 2.24) is 19.4 Å². The standard InChI is InChI=1S/C15H18N4O2/c1-10-7-13(20)12(8-17-10)15(21)19(11-3-4-11)9-14-16-5-6-18(14)2/h5-8,11H,3-4,9H2,1-2H3,(H,17,20). The summed E-state index contributed by atoms with van der Waals surface area (Å²) >= 11 is 0. The molecular weight excluding hydrogens is 268 g/mol. The Bertz CT molecular complexity index is 727. The molecule has 1 fully saturated rings. The van der Waals surface area contributed by atoms with Gasteiger partial charge < -0.3 is 14.5 Å². The fourth-order valence-corrected chi connectivity index (χ4v) is 2.35. The van der Waals surface area contributed by atoms with Crippen LogP contribution in [0, 0.1) is 6.92 Å². The summed E-state index contributed by atoms with van der Waals surface area (Å²) in [5.41, 5.74) is 0.710. The summed E-state index contributed by atoms with van der Waals surface area (Å²) in [6.07, 6.45) is 7.04. The Kier molecular flexibility index (Phi) is 3.37. The summed E-state index contributed by atoms with van der Waals surface area (Å²) in [5, 5.41) is 0. The zero-order valence-corrected chi connectivity index (χ0v) is 12.2. The van der Waals surface area contributed by atoms with Gasteiger partial charge in [-0.1, -0.05) is 0 Å². The molecule has 2 heterocycles. The molecule has 6 heteroatoms. The zero-order chi connectivity index (χ0) is 15.0. The SMILES string of the molecule is Cc1cc(=O)c(C(=O)N(Cc2nccn2C)C2CC2)c[nH]1. The highest BCUT2D eigenvalue weighted by molar-refractivity contribution is 5.94. The molecule has 1 aliphatic carbocycles. The number of aryl methyl sites for hydroxylation is 2. The van der Waals surface area contributed by atoms with E-state index >= 15 is 0 Å². The molecular formula is C15H18N4O2. The normalized spacial score (nSPS) is 14.2. The number of rotatable bonds is 4. The number of carbonyl (C=O) groups is 1. The van der Waals surface area contributed by atoms with Gasteiger partial charge in [-0.05, 0) is 19.8 Å². The summed E-state index contributed by atoms with van der Waals surface area (Å²) in [4.78, 5) is 33.6. The average Bonchev–Trinajstić information content (AvgIpc) is 3.19.